The van der Waals surface area contributed by atoms with Gasteiger partial charge in [0.25, 0.3) is 0 Å². The maximum atomic E-state index is 12.2. The highest BCUT2D eigenvalue weighted by Gasteiger charge is 2.21. The number of nitrogens with zero attached hydrogens (tertiary/aromatic N) is 3. The van der Waals surface area contributed by atoms with Crippen LogP contribution in [0.1, 0.15) is 24.1 Å². The average Bonchev–Trinajstić information content (AvgIpc) is 2.99. The highest BCUT2D eigenvalue weighted by molar-refractivity contribution is 5.76. The predicted molar refractivity (Wildman–Crippen MR) is 94.7 cm³/mol. The van der Waals surface area contributed by atoms with Crippen LogP contribution in [-0.4, -0.2) is 46.3 Å². The predicted octanol–water partition coefficient (Wildman–Crippen LogP) is 2.01. The Morgan fingerprint density at radius 3 is 2.88 bits per heavy atom. The number of rotatable bonds is 6. The summed E-state index contributed by atoms with van der Waals surface area (Å²) in [6, 6.07) is 12.7. The zero-order valence-corrected chi connectivity index (χ0v) is 14.3. The lowest BCUT2D eigenvalue weighted by Crippen LogP contribution is -2.48. The van der Waals surface area contributed by atoms with E-state index in [1.807, 2.05) is 19.2 Å². The second kappa shape index (κ2) is 8.11. The summed E-state index contributed by atoms with van der Waals surface area (Å²) < 4.78 is 1.70. The van der Waals surface area contributed by atoms with Crippen LogP contribution in [0.15, 0.2) is 42.6 Å². The largest absolute Gasteiger partial charge is 0.350 e. The van der Waals surface area contributed by atoms with Gasteiger partial charge in [-0.05, 0) is 44.4 Å². The molecule has 3 rings (SSSR count). The average molecular weight is 326 g/mol. The Morgan fingerprint density at radius 2 is 2.12 bits per heavy atom. The lowest BCUT2D eigenvalue weighted by Gasteiger charge is -2.33. The molecule has 1 fully saturated rings. The molecule has 1 aliphatic heterocycles. The maximum absolute atomic E-state index is 12.2. The van der Waals surface area contributed by atoms with E-state index in [4.69, 9.17) is 0 Å². The molecular weight excluding hydrogens is 300 g/mol. The first kappa shape index (κ1) is 16.7. The number of amides is 1. The molecule has 1 amide bonds. The van der Waals surface area contributed by atoms with Crippen molar-refractivity contribution in [3.8, 4) is 0 Å². The number of hydrogen-bond donors (Lipinski definition) is 1. The number of carbonyl (C=O) groups excluding carboxylic acids is 1. The summed E-state index contributed by atoms with van der Waals surface area (Å²) in [5, 5.41) is 7.43. The van der Waals surface area contributed by atoms with Gasteiger partial charge in [0.2, 0.25) is 5.91 Å². The Kier molecular flexibility index (Phi) is 5.64. The quantitative estimate of drug-likeness (QED) is 0.883. The minimum absolute atomic E-state index is 0.0491. The summed E-state index contributed by atoms with van der Waals surface area (Å²) in [4.78, 5) is 14.6. The Labute approximate surface area is 143 Å². The molecule has 0 bridgehead atoms. The van der Waals surface area contributed by atoms with Gasteiger partial charge in [0, 0.05) is 25.3 Å². The van der Waals surface area contributed by atoms with E-state index in [1.54, 1.807) is 4.68 Å². The van der Waals surface area contributed by atoms with E-state index in [2.05, 4.69) is 45.6 Å². The van der Waals surface area contributed by atoms with Crippen molar-refractivity contribution in [1.82, 2.24) is 20.0 Å². The zero-order chi connectivity index (χ0) is 16.8. The number of benzene rings is 1. The van der Waals surface area contributed by atoms with Crippen LogP contribution in [-0.2, 0) is 17.8 Å². The molecule has 1 aliphatic rings. The molecule has 5 heteroatoms. The van der Waals surface area contributed by atoms with Gasteiger partial charge in [0.1, 0.15) is 6.54 Å². The Morgan fingerprint density at radius 1 is 1.29 bits per heavy atom. The van der Waals surface area contributed by atoms with Gasteiger partial charge in [-0.2, -0.15) is 5.10 Å². The maximum Gasteiger partial charge on any atom is 0.241 e. The van der Waals surface area contributed by atoms with Crippen molar-refractivity contribution in [2.45, 2.75) is 38.8 Å². The van der Waals surface area contributed by atoms with Gasteiger partial charge in [-0.1, -0.05) is 30.3 Å². The van der Waals surface area contributed by atoms with E-state index in [0.717, 1.165) is 44.6 Å². The van der Waals surface area contributed by atoms with E-state index in [9.17, 15) is 4.79 Å². The molecule has 128 valence electrons. The van der Waals surface area contributed by atoms with Crippen LogP contribution in [0.3, 0.4) is 0 Å². The summed E-state index contributed by atoms with van der Waals surface area (Å²) in [6.07, 6.45) is 5.11. The second-order valence-corrected chi connectivity index (χ2v) is 6.60. The summed E-state index contributed by atoms with van der Waals surface area (Å²) in [5.74, 6) is 0.0491. The minimum atomic E-state index is 0.0491. The number of piperidine rings is 1. The molecule has 2 heterocycles. The number of likely N-dealkylation sites (tertiary alicyclic amines) is 1. The first-order valence-electron chi connectivity index (χ1n) is 8.75. The van der Waals surface area contributed by atoms with E-state index >= 15 is 0 Å². The van der Waals surface area contributed by atoms with Crippen molar-refractivity contribution >= 4 is 5.91 Å². The Balaban J connectivity index is 1.44. The highest BCUT2D eigenvalue weighted by atomic mass is 16.2. The van der Waals surface area contributed by atoms with Gasteiger partial charge in [-0.3, -0.25) is 9.48 Å². The third-order valence-electron chi connectivity index (χ3n) is 4.51. The van der Waals surface area contributed by atoms with Gasteiger partial charge in [-0.15, -0.1) is 0 Å². The molecule has 5 nitrogen and oxygen atoms in total. The molecule has 0 saturated carbocycles. The summed E-state index contributed by atoms with van der Waals surface area (Å²) in [6.45, 7) is 5.34. The fraction of sp³-hybridized carbons (Fsp3) is 0.474. The summed E-state index contributed by atoms with van der Waals surface area (Å²) in [5.41, 5.74) is 2.31. The SMILES string of the molecule is Cc1ccn(CC(=O)NC2CCCN(CCc3ccccc3)C2)n1. The fourth-order valence-electron chi connectivity index (χ4n) is 3.28. The normalized spacial score (nSPS) is 18.5. The smallest absolute Gasteiger partial charge is 0.241 e. The molecule has 1 atom stereocenters. The van der Waals surface area contributed by atoms with Crippen LogP contribution >= 0.6 is 0 Å². The van der Waals surface area contributed by atoms with Gasteiger partial charge in [0.15, 0.2) is 0 Å². The number of aryl methyl sites for hydroxylation is 1. The molecular formula is C19H26N4O. The summed E-state index contributed by atoms with van der Waals surface area (Å²) in [7, 11) is 0. The third-order valence-corrected chi connectivity index (χ3v) is 4.51. The van der Waals surface area contributed by atoms with Gasteiger partial charge < -0.3 is 10.2 Å². The van der Waals surface area contributed by atoms with E-state index in [1.165, 1.54) is 5.56 Å². The number of hydrogen-bond acceptors (Lipinski definition) is 3. The minimum Gasteiger partial charge on any atom is -0.350 e. The van der Waals surface area contributed by atoms with E-state index in [-0.39, 0.29) is 11.9 Å². The van der Waals surface area contributed by atoms with Gasteiger partial charge in [0.05, 0.1) is 5.69 Å². The molecule has 0 aliphatic carbocycles. The zero-order valence-electron chi connectivity index (χ0n) is 14.3. The molecule has 1 N–H and O–H groups in total. The van der Waals surface area contributed by atoms with Crippen LogP contribution in [0.5, 0.6) is 0 Å². The fourth-order valence-corrected chi connectivity index (χ4v) is 3.28. The van der Waals surface area contributed by atoms with Crippen molar-refractivity contribution in [3.63, 3.8) is 0 Å². The van der Waals surface area contributed by atoms with E-state index in [0.29, 0.717) is 6.54 Å². The molecule has 1 unspecified atom stereocenters. The second-order valence-electron chi connectivity index (χ2n) is 6.60. The third kappa shape index (κ3) is 4.93. The topological polar surface area (TPSA) is 50.2 Å². The lowest BCUT2D eigenvalue weighted by molar-refractivity contribution is -0.122. The molecule has 2 aromatic rings. The van der Waals surface area contributed by atoms with Crippen LogP contribution in [0, 0.1) is 6.92 Å². The van der Waals surface area contributed by atoms with Crippen LogP contribution < -0.4 is 5.32 Å². The number of aromatic nitrogens is 2. The summed E-state index contributed by atoms with van der Waals surface area (Å²) >= 11 is 0. The molecule has 1 saturated heterocycles. The van der Waals surface area contributed by atoms with Crippen molar-refractivity contribution in [2.75, 3.05) is 19.6 Å². The molecule has 1 aromatic heterocycles. The van der Waals surface area contributed by atoms with Gasteiger partial charge in [-0.25, -0.2) is 0 Å². The van der Waals surface area contributed by atoms with E-state index < -0.39 is 0 Å². The van der Waals surface area contributed by atoms with Crippen molar-refractivity contribution in [2.24, 2.45) is 0 Å². The van der Waals surface area contributed by atoms with Gasteiger partial charge >= 0.3 is 0 Å². The first-order valence-corrected chi connectivity index (χ1v) is 8.75. The lowest BCUT2D eigenvalue weighted by atomic mass is 10.0. The molecule has 24 heavy (non-hydrogen) atoms. The monoisotopic (exact) mass is 326 g/mol. The Bertz CT molecular complexity index is 652. The Hall–Kier alpha value is -2.14. The first-order chi connectivity index (χ1) is 11.7. The molecule has 1 aromatic carbocycles. The number of carbonyl (C=O) groups is 1. The van der Waals surface area contributed by atoms with Crippen LogP contribution in [0.4, 0.5) is 0 Å². The molecule has 0 spiro atoms. The van der Waals surface area contributed by atoms with Crippen molar-refractivity contribution < 1.29 is 4.79 Å². The number of nitrogens with one attached hydrogen (secondary N) is 1. The van der Waals surface area contributed by atoms with Crippen LogP contribution in [0.2, 0.25) is 0 Å². The highest BCUT2D eigenvalue weighted by Crippen LogP contribution is 2.11. The van der Waals surface area contributed by atoms with Crippen molar-refractivity contribution in [3.05, 3.63) is 53.9 Å². The standard InChI is InChI=1S/C19H26N4O/c1-16-9-13-23(21-16)15-19(24)20-18-8-5-11-22(14-18)12-10-17-6-3-2-4-7-17/h2-4,6-7,9,13,18H,5,8,10-12,14-15H2,1H3,(H,20,24). The molecule has 0 radical (unpaired) electrons. The van der Waals surface area contributed by atoms with Crippen molar-refractivity contribution in [1.29, 1.82) is 0 Å². The van der Waals surface area contributed by atoms with Crippen LogP contribution in [0.25, 0.3) is 0 Å².